The van der Waals surface area contributed by atoms with Gasteiger partial charge in [-0.1, -0.05) is 32.9 Å². The van der Waals surface area contributed by atoms with Crippen LogP contribution >= 0.6 is 0 Å². The summed E-state index contributed by atoms with van der Waals surface area (Å²) in [5.41, 5.74) is 1.15. The molecule has 28 heavy (non-hydrogen) atoms. The van der Waals surface area contributed by atoms with Crippen LogP contribution in [0.1, 0.15) is 39.2 Å². The van der Waals surface area contributed by atoms with E-state index in [9.17, 15) is 8.42 Å². The van der Waals surface area contributed by atoms with E-state index in [2.05, 4.69) is 36.4 Å². The molecule has 1 aliphatic heterocycles. The second-order valence-electron chi connectivity index (χ2n) is 8.38. The molecule has 2 atom stereocenters. The number of nitrogens with one attached hydrogen (secondary N) is 2. The van der Waals surface area contributed by atoms with Crippen molar-refractivity contribution in [2.45, 2.75) is 51.0 Å². The van der Waals surface area contributed by atoms with Crippen molar-refractivity contribution in [2.24, 2.45) is 21.5 Å². The number of ether oxygens (including phenoxy) is 1. The molecule has 0 spiro atoms. The van der Waals surface area contributed by atoms with E-state index < -0.39 is 10.0 Å². The van der Waals surface area contributed by atoms with Crippen LogP contribution in [0.4, 0.5) is 0 Å². The minimum Gasteiger partial charge on any atom is -0.377 e. The number of primary sulfonamides is 1. The van der Waals surface area contributed by atoms with Crippen LogP contribution in [0.2, 0.25) is 0 Å². The van der Waals surface area contributed by atoms with Crippen LogP contribution < -0.4 is 15.8 Å². The molecule has 0 radical (unpaired) electrons. The molecule has 4 N–H and O–H groups in total. The Kier molecular flexibility index (Phi) is 7.86. The molecule has 7 nitrogen and oxygen atoms in total. The van der Waals surface area contributed by atoms with Crippen LogP contribution in [0.15, 0.2) is 34.2 Å². The molecule has 1 aromatic rings. The molecule has 0 aromatic heterocycles. The number of sulfonamides is 1. The molecule has 1 heterocycles. The average Bonchev–Trinajstić information content (AvgIpc) is 2.63. The number of guanidine groups is 1. The van der Waals surface area contributed by atoms with Crippen molar-refractivity contribution in [3.8, 4) is 0 Å². The zero-order valence-electron chi connectivity index (χ0n) is 17.4. The SMILES string of the molecule is CN=C(NCCc1ccc(S(N)(=O)=O)cc1)NCC1CCCOC1C(C)(C)C. The molecule has 0 aliphatic carbocycles. The summed E-state index contributed by atoms with van der Waals surface area (Å²) in [5, 5.41) is 11.9. The van der Waals surface area contributed by atoms with Crippen molar-refractivity contribution in [2.75, 3.05) is 26.7 Å². The lowest BCUT2D eigenvalue weighted by molar-refractivity contribution is -0.0835. The van der Waals surface area contributed by atoms with Gasteiger partial charge in [0.25, 0.3) is 0 Å². The Morgan fingerprint density at radius 3 is 2.50 bits per heavy atom. The van der Waals surface area contributed by atoms with Crippen LogP contribution in [0, 0.1) is 11.3 Å². The summed E-state index contributed by atoms with van der Waals surface area (Å²) in [6, 6.07) is 6.64. The zero-order valence-corrected chi connectivity index (χ0v) is 18.2. The second kappa shape index (κ2) is 9.71. The Morgan fingerprint density at radius 2 is 1.93 bits per heavy atom. The molecular formula is C20H34N4O3S. The molecule has 1 aliphatic rings. The van der Waals surface area contributed by atoms with Crippen molar-refractivity contribution in [1.82, 2.24) is 10.6 Å². The minimum atomic E-state index is -3.65. The highest BCUT2D eigenvalue weighted by Crippen LogP contribution is 2.33. The van der Waals surface area contributed by atoms with Gasteiger partial charge in [0.15, 0.2) is 5.96 Å². The summed E-state index contributed by atoms with van der Waals surface area (Å²) in [4.78, 5) is 4.42. The van der Waals surface area contributed by atoms with E-state index in [-0.39, 0.29) is 16.4 Å². The van der Waals surface area contributed by atoms with Gasteiger partial charge in [0.1, 0.15) is 0 Å². The number of hydrogen-bond acceptors (Lipinski definition) is 4. The quantitative estimate of drug-likeness (QED) is 0.490. The lowest BCUT2D eigenvalue weighted by atomic mass is 9.78. The van der Waals surface area contributed by atoms with Gasteiger partial charge in [0.2, 0.25) is 10.0 Å². The number of benzene rings is 1. The third-order valence-corrected chi connectivity index (χ3v) is 5.94. The molecule has 2 rings (SSSR count). The standard InChI is InChI=1S/C20H34N4O3S/c1-20(2,3)18-16(6-5-13-27-18)14-24-19(22-4)23-12-11-15-7-9-17(10-8-15)28(21,25)26/h7-10,16,18H,5-6,11-14H2,1-4H3,(H2,21,25,26)(H2,22,23,24). The van der Waals surface area contributed by atoms with Crippen LogP contribution in [-0.2, 0) is 21.2 Å². The summed E-state index contributed by atoms with van der Waals surface area (Å²) in [6.45, 7) is 9.04. The first-order valence-electron chi connectivity index (χ1n) is 9.79. The predicted molar refractivity (Wildman–Crippen MR) is 113 cm³/mol. The molecule has 1 saturated heterocycles. The Morgan fingerprint density at radius 1 is 1.25 bits per heavy atom. The normalized spacial score (nSPS) is 21.4. The molecule has 2 unspecified atom stereocenters. The molecule has 1 fully saturated rings. The second-order valence-corrected chi connectivity index (χ2v) is 9.94. The summed E-state index contributed by atoms with van der Waals surface area (Å²) in [6.07, 6.45) is 3.24. The summed E-state index contributed by atoms with van der Waals surface area (Å²) >= 11 is 0. The first-order valence-corrected chi connectivity index (χ1v) is 11.3. The Bertz CT molecular complexity index is 755. The van der Waals surface area contributed by atoms with Gasteiger partial charge in [0.05, 0.1) is 11.0 Å². The van der Waals surface area contributed by atoms with E-state index >= 15 is 0 Å². The lowest BCUT2D eigenvalue weighted by Crippen LogP contribution is -2.47. The fourth-order valence-corrected chi connectivity index (χ4v) is 4.14. The number of aliphatic imine (C=N–C) groups is 1. The van der Waals surface area contributed by atoms with E-state index in [1.807, 2.05) is 0 Å². The summed E-state index contributed by atoms with van der Waals surface area (Å²) in [7, 11) is -1.89. The maximum atomic E-state index is 11.3. The third-order valence-electron chi connectivity index (χ3n) is 5.01. The minimum absolute atomic E-state index is 0.118. The smallest absolute Gasteiger partial charge is 0.238 e. The number of nitrogens with two attached hydrogens (primary N) is 1. The molecule has 0 amide bonds. The van der Waals surface area contributed by atoms with Gasteiger partial charge in [-0.05, 0) is 42.4 Å². The fourth-order valence-electron chi connectivity index (χ4n) is 3.63. The molecule has 8 heteroatoms. The molecule has 158 valence electrons. The van der Waals surface area contributed by atoms with Gasteiger partial charge >= 0.3 is 0 Å². The summed E-state index contributed by atoms with van der Waals surface area (Å²) in [5.74, 6) is 1.22. The molecular weight excluding hydrogens is 376 g/mol. The highest BCUT2D eigenvalue weighted by Gasteiger charge is 2.35. The van der Waals surface area contributed by atoms with Gasteiger partial charge < -0.3 is 15.4 Å². The fraction of sp³-hybridized carbons (Fsp3) is 0.650. The maximum absolute atomic E-state index is 11.3. The first-order chi connectivity index (χ1) is 13.1. The Hall–Kier alpha value is -1.64. The van der Waals surface area contributed by atoms with Gasteiger partial charge in [-0.3, -0.25) is 4.99 Å². The van der Waals surface area contributed by atoms with E-state index in [1.54, 1.807) is 19.2 Å². The van der Waals surface area contributed by atoms with Gasteiger partial charge in [0, 0.05) is 32.7 Å². The molecule has 1 aromatic carbocycles. The largest absolute Gasteiger partial charge is 0.377 e. The molecule has 0 bridgehead atoms. The van der Waals surface area contributed by atoms with Crippen LogP contribution in [0.3, 0.4) is 0 Å². The van der Waals surface area contributed by atoms with Gasteiger partial charge in [-0.25, -0.2) is 13.6 Å². The number of hydrogen-bond donors (Lipinski definition) is 3. The van der Waals surface area contributed by atoms with E-state index in [0.29, 0.717) is 12.5 Å². The monoisotopic (exact) mass is 410 g/mol. The number of nitrogens with zero attached hydrogens (tertiary/aromatic N) is 1. The van der Waals surface area contributed by atoms with Crippen LogP contribution in [0.25, 0.3) is 0 Å². The highest BCUT2D eigenvalue weighted by molar-refractivity contribution is 7.89. The number of rotatable bonds is 6. The van der Waals surface area contributed by atoms with Crippen molar-refractivity contribution in [3.05, 3.63) is 29.8 Å². The lowest BCUT2D eigenvalue weighted by Gasteiger charge is -2.40. The van der Waals surface area contributed by atoms with Crippen molar-refractivity contribution < 1.29 is 13.2 Å². The Labute approximate surface area is 169 Å². The topological polar surface area (TPSA) is 106 Å². The average molecular weight is 411 g/mol. The van der Waals surface area contributed by atoms with Gasteiger partial charge in [-0.15, -0.1) is 0 Å². The van der Waals surface area contributed by atoms with E-state index in [1.165, 1.54) is 12.1 Å². The Balaban J connectivity index is 1.81. The molecule has 0 saturated carbocycles. The van der Waals surface area contributed by atoms with Gasteiger partial charge in [-0.2, -0.15) is 0 Å². The van der Waals surface area contributed by atoms with E-state index in [4.69, 9.17) is 9.88 Å². The van der Waals surface area contributed by atoms with E-state index in [0.717, 1.165) is 43.9 Å². The van der Waals surface area contributed by atoms with Crippen molar-refractivity contribution in [1.29, 1.82) is 0 Å². The van der Waals surface area contributed by atoms with Crippen molar-refractivity contribution in [3.63, 3.8) is 0 Å². The first kappa shape index (κ1) is 22.6. The predicted octanol–water partition coefficient (Wildman–Crippen LogP) is 1.88. The third kappa shape index (κ3) is 6.76. The van der Waals surface area contributed by atoms with Crippen molar-refractivity contribution >= 4 is 16.0 Å². The maximum Gasteiger partial charge on any atom is 0.238 e. The van der Waals surface area contributed by atoms with Crippen LogP contribution in [0.5, 0.6) is 0 Å². The summed E-state index contributed by atoms with van der Waals surface area (Å²) < 4.78 is 28.7. The highest BCUT2D eigenvalue weighted by atomic mass is 32.2. The van der Waals surface area contributed by atoms with Crippen LogP contribution in [-0.4, -0.2) is 47.2 Å². The zero-order chi connectivity index (χ0) is 20.8.